The zero-order chi connectivity index (χ0) is 19.0. The van der Waals surface area contributed by atoms with E-state index >= 15 is 0 Å². The summed E-state index contributed by atoms with van der Waals surface area (Å²) in [5, 5.41) is -0.410. The minimum Gasteiger partial charge on any atom is -0.346 e. The van der Waals surface area contributed by atoms with Crippen LogP contribution in [0.25, 0.3) is 0 Å². The number of halogens is 2. The maximum absolute atomic E-state index is 13.4. The maximum Gasteiger partial charge on any atom is 0.322 e. The average molecular weight is 396 g/mol. The maximum atomic E-state index is 13.4. The molecule has 0 aromatic rings. The molecular formula is C16H26F2N2O5S. The highest BCUT2D eigenvalue weighted by Gasteiger charge is 2.49. The van der Waals surface area contributed by atoms with Gasteiger partial charge in [-0.05, 0) is 12.8 Å². The van der Waals surface area contributed by atoms with Gasteiger partial charge in [0.15, 0.2) is 5.79 Å². The van der Waals surface area contributed by atoms with E-state index in [9.17, 15) is 22.0 Å². The summed E-state index contributed by atoms with van der Waals surface area (Å²) in [5.74, 6) is -6.16. The van der Waals surface area contributed by atoms with Crippen molar-refractivity contribution < 1.29 is 31.5 Å². The van der Waals surface area contributed by atoms with Gasteiger partial charge in [-0.3, -0.25) is 4.79 Å². The molecule has 1 amide bonds. The molecule has 2 saturated heterocycles. The molecule has 0 radical (unpaired) electrons. The van der Waals surface area contributed by atoms with E-state index in [1.165, 1.54) is 4.31 Å². The third-order valence-corrected chi connectivity index (χ3v) is 7.62. The van der Waals surface area contributed by atoms with E-state index in [1.807, 2.05) is 0 Å². The Morgan fingerprint density at radius 2 is 1.69 bits per heavy atom. The predicted octanol–water partition coefficient (Wildman–Crippen LogP) is 1.19. The van der Waals surface area contributed by atoms with Crippen LogP contribution in [0.5, 0.6) is 0 Å². The molecule has 26 heavy (non-hydrogen) atoms. The summed E-state index contributed by atoms with van der Waals surface area (Å²) in [5.41, 5.74) is 0. The summed E-state index contributed by atoms with van der Waals surface area (Å²) in [7, 11) is -3.50. The van der Waals surface area contributed by atoms with Crippen molar-refractivity contribution in [3.8, 4) is 0 Å². The first-order valence-electron chi connectivity index (χ1n) is 9.08. The Labute approximate surface area is 152 Å². The number of carbonyl (C=O) groups is 1. The molecule has 1 spiro atoms. The van der Waals surface area contributed by atoms with Crippen molar-refractivity contribution in [1.82, 2.24) is 9.21 Å². The third kappa shape index (κ3) is 4.02. The third-order valence-electron chi connectivity index (χ3n) is 5.28. The highest BCUT2D eigenvalue weighted by atomic mass is 32.2. The molecule has 1 aliphatic carbocycles. The molecule has 7 nitrogen and oxygen atoms in total. The second-order valence-electron chi connectivity index (χ2n) is 7.36. The van der Waals surface area contributed by atoms with E-state index in [0.717, 1.165) is 24.2 Å². The molecule has 0 bridgehead atoms. The van der Waals surface area contributed by atoms with E-state index in [2.05, 4.69) is 0 Å². The van der Waals surface area contributed by atoms with Gasteiger partial charge in [0.1, 0.15) is 0 Å². The molecule has 3 fully saturated rings. The summed E-state index contributed by atoms with van der Waals surface area (Å²) in [6.07, 6.45) is 4.11. The summed E-state index contributed by atoms with van der Waals surface area (Å²) in [4.78, 5) is 12.9. The minimum atomic E-state index is -3.50. The van der Waals surface area contributed by atoms with E-state index in [1.54, 1.807) is 0 Å². The molecule has 150 valence electrons. The van der Waals surface area contributed by atoms with Gasteiger partial charge in [-0.25, -0.2) is 8.42 Å². The van der Waals surface area contributed by atoms with Gasteiger partial charge >= 0.3 is 5.92 Å². The number of rotatable bonds is 3. The number of nitrogens with zero attached hydrogens (tertiary/aromatic N) is 2. The van der Waals surface area contributed by atoms with Crippen molar-refractivity contribution in [3.05, 3.63) is 0 Å². The number of hydrogen-bond acceptors (Lipinski definition) is 5. The van der Waals surface area contributed by atoms with Crippen molar-refractivity contribution >= 4 is 15.9 Å². The van der Waals surface area contributed by atoms with E-state index < -0.39 is 32.9 Å². The fraction of sp³-hybridized carbons (Fsp3) is 0.938. The number of ether oxygens (including phenoxy) is 2. The summed E-state index contributed by atoms with van der Waals surface area (Å²) in [6, 6.07) is 0. The van der Waals surface area contributed by atoms with E-state index in [0.29, 0.717) is 19.8 Å². The number of morpholine rings is 2. The van der Waals surface area contributed by atoms with Gasteiger partial charge in [0.2, 0.25) is 10.0 Å². The first-order valence-corrected chi connectivity index (χ1v) is 10.6. The lowest BCUT2D eigenvalue weighted by molar-refractivity contribution is -0.283. The highest BCUT2D eigenvalue weighted by Crippen LogP contribution is 2.32. The number of hydrogen-bond donors (Lipinski definition) is 0. The standard InChI is InChI=1S/C16H26F2N2O5S/c1-15(17,18)14(21)19-7-9-24-16(11-19)12-20(8-10-25-16)26(22,23)13-5-3-2-4-6-13/h13H,2-12H2,1H3. The first kappa shape index (κ1) is 19.9. The molecule has 10 heteroatoms. The molecule has 1 saturated carbocycles. The SMILES string of the molecule is CC(F)(F)C(=O)N1CCOC2(C1)CN(S(=O)(=O)C1CCCCC1)CCO2. The fourth-order valence-electron chi connectivity index (χ4n) is 3.91. The van der Waals surface area contributed by atoms with Crippen LogP contribution < -0.4 is 0 Å². The van der Waals surface area contributed by atoms with Crippen LogP contribution in [0.2, 0.25) is 0 Å². The van der Waals surface area contributed by atoms with Crippen LogP contribution in [0.3, 0.4) is 0 Å². The van der Waals surface area contributed by atoms with Crippen LogP contribution in [0, 0.1) is 0 Å². The van der Waals surface area contributed by atoms with Crippen molar-refractivity contribution in [2.45, 2.75) is 56.0 Å². The van der Waals surface area contributed by atoms with Crippen LogP contribution >= 0.6 is 0 Å². The predicted molar refractivity (Wildman–Crippen MR) is 89.2 cm³/mol. The highest BCUT2D eigenvalue weighted by molar-refractivity contribution is 7.89. The van der Waals surface area contributed by atoms with Gasteiger partial charge in [-0.1, -0.05) is 19.3 Å². The summed E-state index contributed by atoms with van der Waals surface area (Å²) in [6.45, 7) is 0.649. The molecule has 3 aliphatic rings. The Kier molecular flexibility index (Phi) is 5.58. The molecule has 3 rings (SSSR count). The Hall–Kier alpha value is -0.840. The molecule has 0 aromatic carbocycles. The topological polar surface area (TPSA) is 76.2 Å². The van der Waals surface area contributed by atoms with Gasteiger partial charge in [-0.15, -0.1) is 0 Å². The average Bonchev–Trinajstić information content (AvgIpc) is 2.61. The Morgan fingerprint density at radius 1 is 1.08 bits per heavy atom. The molecule has 2 heterocycles. The number of sulfonamides is 1. The molecule has 2 aliphatic heterocycles. The first-order chi connectivity index (χ1) is 12.1. The van der Waals surface area contributed by atoms with Crippen LogP contribution in [0.1, 0.15) is 39.0 Å². The molecule has 1 atom stereocenters. The van der Waals surface area contributed by atoms with Crippen LogP contribution in [0.15, 0.2) is 0 Å². The Bertz CT molecular complexity index is 629. The second-order valence-corrected chi connectivity index (χ2v) is 9.57. The van der Waals surface area contributed by atoms with Crippen LogP contribution in [-0.2, 0) is 24.3 Å². The van der Waals surface area contributed by atoms with Gasteiger partial charge in [0.25, 0.3) is 5.91 Å². The lowest BCUT2D eigenvalue weighted by Crippen LogP contribution is -2.65. The largest absolute Gasteiger partial charge is 0.346 e. The smallest absolute Gasteiger partial charge is 0.322 e. The lowest BCUT2D eigenvalue weighted by atomic mass is 10.0. The molecular weight excluding hydrogens is 370 g/mol. The monoisotopic (exact) mass is 396 g/mol. The fourth-order valence-corrected chi connectivity index (χ4v) is 5.97. The number of amides is 1. The van der Waals surface area contributed by atoms with Gasteiger partial charge in [-0.2, -0.15) is 13.1 Å². The summed E-state index contributed by atoms with van der Waals surface area (Å²) >= 11 is 0. The van der Waals surface area contributed by atoms with Crippen molar-refractivity contribution in [1.29, 1.82) is 0 Å². The van der Waals surface area contributed by atoms with Gasteiger partial charge < -0.3 is 14.4 Å². The second kappa shape index (κ2) is 7.29. The van der Waals surface area contributed by atoms with Gasteiger partial charge in [0.05, 0.1) is 31.6 Å². The normalized spacial score (nSPS) is 29.9. The van der Waals surface area contributed by atoms with Crippen LogP contribution in [0.4, 0.5) is 8.78 Å². The number of alkyl halides is 2. The van der Waals surface area contributed by atoms with Crippen molar-refractivity contribution in [3.63, 3.8) is 0 Å². The quantitative estimate of drug-likeness (QED) is 0.716. The lowest BCUT2D eigenvalue weighted by Gasteiger charge is -2.47. The van der Waals surface area contributed by atoms with Crippen molar-refractivity contribution in [2.24, 2.45) is 0 Å². The van der Waals surface area contributed by atoms with E-state index in [4.69, 9.17) is 9.47 Å². The van der Waals surface area contributed by atoms with Crippen molar-refractivity contribution in [2.75, 3.05) is 39.4 Å². The molecule has 0 aromatic heterocycles. The number of carbonyl (C=O) groups excluding carboxylic acids is 1. The zero-order valence-electron chi connectivity index (χ0n) is 15.0. The Balaban J connectivity index is 1.73. The molecule has 1 unspecified atom stereocenters. The summed E-state index contributed by atoms with van der Waals surface area (Å²) < 4.78 is 65.3. The molecule has 0 N–H and O–H groups in total. The van der Waals surface area contributed by atoms with Gasteiger partial charge in [0, 0.05) is 20.0 Å². The zero-order valence-corrected chi connectivity index (χ0v) is 15.8. The minimum absolute atomic E-state index is 0.0269. The van der Waals surface area contributed by atoms with Crippen LogP contribution in [-0.4, -0.2) is 79.9 Å². The Morgan fingerprint density at radius 3 is 2.31 bits per heavy atom. The van der Waals surface area contributed by atoms with E-state index in [-0.39, 0.29) is 39.4 Å².